The summed E-state index contributed by atoms with van der Waals surface area (Å²) < 4.78 is 0. The van der Waals surface area contributed by atoms with Crippen LogP contribution in [0.15, 0.2) is 53.5 Å². The number of benzene rings is 2. The molecule has 0 radical (unpaired) electrons. The topological polar surface area (TPSA) is 72.4 Å². The Labute approximate surface area is 154 Å². The Morgan fingerprint density at radius 2 is 1.85 bits per heavy atom. The third-order valence-electron chi connectivity index (χ3n) is 4.39. The molecule has 136 valence electrons. The lowest BCUT2D eigenvalue weighted by Crippen LogP contribution is -2.38. The number of nitrogens with zero attached hydrogens (tertiary/aromatic N) is 1. The van der Waals surface area contributed by atoms with Crippen molar-refractivity contribution < 1.29 is 5.11 Å². The molecule has 0 aliphatic rings. The summed E-state index contributed by atoms with van der Waals surface area (Å²) in [4.78, 5) is 8.07. The van der Waals surface area contributed by atoms with Gasteiger partial charge in [-0.15, -0.1) is 0 Å². The van der Waals surface area contributed by atoms with Gasteiger partial charge in [0.05, 0.1) is 6.54 Å². The first-order valence-electron chi connectivity index (χ1n) is 9.03. The number of H-pyrrole nitrogens is 1. The fourth-order valence-corrected chi connectivity index (χ4v) is 3.08. The van der Waals surface area contributed by atoms with Gasteiger partial charge in [0, 0.05) is 29.7 Å². The van der Waals surface area contributed by atoms with Crippen molar-refractivity contribution in [1.29, 1.82) is 0 Å². The van der Waals surface area contributed by atoms with Crippen LogP contribution in [0.2, 0.25) is 0 Å². The second-order valence-electron chi connectivity index (χ2n) is 6.31. The number of aliphatic imine (C=N–C) groups is 1. The highest BCUT2D eigenvalue weighted by Crippen LogP contribution is 2.21. The van der Waals surface area contributed by atoms with E-state index in [0.29, 0.717) is 6.54 Å². The summed E-state index contributed by atoms with van der Waals surface area (Å²) in [7, 11) is 0. The molecular formula is C21H26N4O. The van der Waals surface area contributed by atoms with E-state index in [0.717, 1.165) is 31.0 Å². The molecule has 3 aromatic rings. The molecule has 2 aromatic carbocycles. The molecule has 0 bridgehead atoms. The van der Waals surface area contributed by atoms with Gasteiger partial charge in [0.2, 0.25) is 0 Å². The Hall–Kier alpha value is -2.95. The number of aryl methyl sites for hydroxylation is 1. The zero-order valence-electron chi connectivity index (χ0n) is 15.3. The number of phenols is 1. The van der Waals surface area contributed by atoms with Gasteiger partial charge < -0.3 is 20.7 Å². The van der Waals surface area contributed by atoms with E-state index < -0.39 is 0 Å². The molecule has 0 spiro atoms. The number of para-hydroxylation sites is 1. The molecule has 0 saturated carbocycles. The van der Waals surface area contributed by atoms with Crippen molar-refractivity contribution in [3.8, 4) is 5.75 Å². The van der Waals surface area contributed by atoms with Gasteiger partial charge in [-0.1, -0.05) is 30.3 Å². The Morgan fingerprint density at radius 3 is 2.62 bits per heavy atom. The lowest BCUT2D eigenvalue weighted by Gasteiger charge is -2.11. The second kappa shape index (κ2) is 8.43. The predicted octanol–water partition coefficient (Wildman–Crippen LogP) is 3.48. The van der Waals surface area contributed by atoms with Gasteiger partial charge in [0.15, 0.2) is 5.96 Å². The van der Waals surface area contributed by atoms with Gasteiger partial charge >= 0.3 is 0 Å². The molecule has 0 amide bonds. The summed E-state index contributed by atoms with van der Waals surface area (Å²) in [5, 5.41) is 17.3. The SMILES string of the molecule is CCNC(=NCc1ccc(O)cc1)NCCc1c(C)[nH]c2ccccc12. The number of aromatic nitrogens is 1. The smallest absolute Gasteiger partial charge is 0.191 e. The summed E-state index contributed by atoms with van der Waals surface area (Å²) in [6.07, 6.45) is 0.930. The number of hydrogen-bond donors (Lipinski definition) is 4. The summed E-state index contributed by atoms with van der Waals surface area (Å²) in [6, 6.07) is 15.6. The minimum Gasteiger partial charge on any atom is -0.508 e. The van der Waals surface area contributed by atoms with Crippen LogP contribution < -0.4 is 10.6 Å². The van der Waals surface area contributed by atoms with Gasteiger partial charge in [0.1, 0.15) is 5.75 Å². The Bertz CT molecular complexity index is 881. The molecular weight excluding hydrogens is 324 g/mol. The van der Waals surface area contributed by atoms with Gasteiger partial charge in [-0.05, 0) is 49.6 Å². The van der Waals surface area contributed by atoms with Crippen LogP contribution in [-0.4, -0.2) is 29.1 Å². The Morgan fingerprint density at radius 1 is 1.08 bits per heavy atom. The van der Waals surface area contributed by atoms with Crippen LogP contribution >= 0.6 is 0 Å². The van der Waals surface area contributed by atoms with Crippen molar-refractivity contribution >= 4 is 16.9 Å². The maximum Gasteiger partial charge on any atom is 0.191 e. The van der Waals surface area contributed by atoms with E-state index in [9.17, 15) is 5.11 Å². The average Bonchev–Trinajstić information content (AvgIpc) is 2.96. The van der Waals surface area contributed by atoms with E-state index in [2.05, 4.69) is 58.7 Å². The molecule has 26 heavy (non-hydrogen) atoms. The predicted molar refractivity (Wildman–Crippen MR) is 108 cm³/mol. The Kier molecular flexibility index (Phi) is 5.79. The van der Waals surface area contributed by atoms with Crippen LogP contribution in [0.4, 0.5) is 0 Å². The second-order valence-corrected chi connectivity index (χ2v) is 6.31. The van der Waals surface area contributed by atoms with Gasteiger partial charge in [-0.25, -0.2) is 4.99 Å². The van der Waals surface area contributed by atoms with E-state index in [-0.39, 0.29) is 5.75 Å². The first kappa shape index (κ1) is 17.9. The van der Waals surface area contributed by atoms with Gasteiger partial charge in [-0.2, -0.15) is 0 Å². The third-order valence-corrected chi connectivity index (χ3v) is 4.39. The first-order valence-corrected chi connectivity index (χ1v) is 9.03. The summed E-state index contributed by atoms with van der Waals surface area (Å²) >= 11 is 0. The number of guanidine groups is 1. The molecule has 0 aliphatic carbocycles. The zero-order valence-corrected chi connectivity index (χ0v) is 15.3. The van der Waals surface area contributed by atoms with Crippen molar-refractivity contribution in [3.05, 3.63) is 65.4 Å². The van der Waals surface area contributed by atoms with E-state index >= 15 is 0 Å². The van der Waals surface area contributed by atoms with Crippen molar-refractivity contribution in [2.45, 2.75) is 26.8 Å². The molecule has 0 saturated heterocycles. The minimum absolute atomic E-state index is 0.275. The molecule has 0 fully saturated rings. The number of rotatable bonds is 6. The molecule has 1 aromatic heterocycles. The zero-order chi connectivity index (χ0) is 18.4. The standard InChI is InChI=1S/C21H26N4O/c1-3-22-21(24-14-16-8-10-17(26)11-9-16)23-13-12-18-15(2)25-20-7-5-4-6-19(18)20/h4-11,25-26H,3,12-14H2,1-2H3,(H2,22,23,24). The quantitative estimate of drug-likeness (QED) is 0.406. The van der Waals surface area contributed by atoms with Crippen molar-refractivity contribution in [1.82, 2.24) is 15.6 Å². The van der Waals surface area contributed by atoms with Crippen molar-refractivity contribution in [2.24, 2.45) is 4.99 Å². The van der Waals surface area contributed by atoms with Crippen LogP contribution in [0.3, 0.4) is 0 Å². The highest BCUT2D eigenvalue weighted by atomic mass is 16.3. The van der Waals surface area contributed by atoms with Gasteiger partial charge in [0.25, 0.3) is 0 Å². The number of phenolic OH excluding ortho intramolecular Hbond substituents is 1. The monoisotopic (exact) mass is 350 g/mol. The van der Waals surface area contributed by atoms with Crippen molar-refractivity contribution in [3.63, 3.8) is 0 Å². The Balaban J connectivity index is 1.62. The molecule has 0 unspecified atom stereocenters. The molecule has 0 aliphatic heterocycles. The summed E-state index contributed by atoms with van der Waals surface area (Å²) in [5.41, 5.74) is 4.82. The fourth-order valence-electron chi connectivity index (χ4n) is 3.08. The van der Waals surface area contributed by atoms with Crippen LogP contribution in [0, 0.1) is 6.92 Å². The van der Waals surface area contributed by atoms with Crippen molar-refractivity contribution in [2.75, 3.05) is 13.1 Å². The highest BCUT2D eigenvalue weighted by Gasteiger charge is 2.07. The molecule has 5 nitrogen and oxygen atoms in total. The summed E-state index contributed by atoms with van der Waals surface area (Å²) in [6.45, 7) is 6.38. The fraction of sp³-hybridized carbons (Fsp3) is 0.286. The highest BCUT2D eigenvalue weighted by molar-refractivity contribution is 5.84. The van der Waals surface area contributed by atoms with Crippen LogP contribution in [-0.2, 0) is 13.0 Å². The molecule has 0 atom stereocenters. The minimum atomic E-state index is 0.275. The average molecular weight is 350 g/mol. The molecule has 1 heterocycles. The largest absolute Gasteiger partial charge is 0.508 e. The molecule has 3 rings (SSSR count). The normalized spacial score (nSPS) is 11.7. The van der Waals surface area contributed by atoms with Crippen LogP contribution in [0.25, 0.3) is 10.9 Å². The number of aromatic hydroxyl groups is 1. The number of aromatic amines is 1. The lowest BCUT2D eigenvalue weighted by atomic mass is 10.1. The van der Waals surface area contributed by atoms with E-state index in [1.54, 1.807) is 12.1 Å². The van der Waals surface area contributed by atoms with Gasteiger partial charge in [-0.3, -0.25) is 0 Å². The van der Waals surface area contributed by atoms with Crippen LogP contribution in [0.5, 0.6) is 5.75 Å². The first-order chi connectivity index (χ1) is 12.7. The summed E-state index contributed by atoms with van der Waals surface area (Å²) in [5.74, 6) is 1.08. The molecule has 4 N–H and O–H groups in total. The number of nitrogens with one attached hydrogen (secondary N) is 3. The maximum atomic E-state index is 9.36. The van der Waals surface area contributed by atoms with E-state index in [4.69, 9.17) is 0 Å². The number of fused-ring (bicyclic) bond motifs is 1. The van der Waals surface area contributed by atoms with E-state index in [1.165, 1.54) is 22.2 Å². The lowest BCUT2D eigenvalue weighted by molar-refractivity contribution is 0.475. The maximum absolute atomic E-state index is 9.36. The third kappa shape index (κ3) is 4.36. The van der Waals surface area contributed by atoms with Crippen LogP contribution in [0.1, 0.15) is 23.7 Å². The van der Waals surface area contributed by atoms with E-state index in [1.807, 2.05) is 12.1 Å². The number of hydrogen-bond acceptors (Lipinski definition) is 2. The molecule has 5 heteroatoms.